The highest BCUT2D eigenvalue weighted by Crippen LogP contribution is 2.28. The fourth-order valence-corrected chi connectivity index (χ4v) is 1.72. The molecule has 92 valence electrons. The zero-order valence-corrected chi connectivity index (χ0v) is 10.8. The third-order valence-corrected chi connectivity index (χ3v) is 2.58. The van der Waals surface area contributed by atoms with E-state index in [1.807, 2.05) is 0 Å². The highest BCUT2D eigenvalue weighted by atomic mass is 127. The van der Waals surface area contributed by atoms with Crippen LogP contribution < -0.4 is 4.74 Å². The van der Waals surface area contributed by atoms with E-state index >= 15 is 0 Å². The summed E-state index contributed by atoms with van der Waals surface area (Å²) in [7, 11) is 0. The third-order valence-electron chi connectivity index (χ3n) is 1.73. The van der Waals surface area contributed by atoms with Gasteiger partial charge in [0.1, 0.15) is 23.5 Å². The van der Waals surface area contributed by atoms with Crippen molar-refractivity contribution in [3.8, 4) is 17.9 Å². The van der Waals surface area contributed by atoms with Crippen LogP contribution in [0.25, 0.3) is 6.08 Å². The largest absolute Gasteiger partial charge is 0.573 e. The molecule has 1 rings (SSSR count). The Morgan fingerprint density at radius 2 is 1.89 bits per heavy atom. The van der Waals surface area contributed by atoms with Crippen molar-refractivity contribution < 1.29 is 17.9 Å². The summed E-state index contributed by atoms with van der Waals surface area (Å²) < 4.78 is 40.1. The molecule has 0 aliphatic heterocycles. The summed E-state index contributed by atoms with van der Waals surface area (Å²) in [5.41, 5.74) is 0.322. The first-order valence-electron chi connectivity index (χ1n) is 4.43. The molecule has 0 spiro atoms. The predicted molar refractivity (Wildman–Crippen MR) is 65.0 cm³/mol. The Hall–Kier alpha value is -1.74. The standard InChI is InChI=1S/C11H4F3IN2O/c12-11(13,14)18-10-2-1-7(4-9(10)15)3-8(5-16)6-17/h1-4H. The molecule has 0 aromatic heterocycles. The number of allylic oxidation sites excluding steroid dienone is 1. The van der Waals surface area contributed by atoms with Gasteiger partial charge in [-0.05, 0) is 46.4 Å². The lowest BCUT2D eigenvalue weighted by Crippen LogP contribution is -2.17. The van der Waals surface area contributed by atoms with Crippen LogP contribution in [0.4, 0.5) is 13.2 Å². The van der Waals surface area contributed by atoms with Crippen LogP contribution in [0, 0.1) is 26.2 Å². The number of alkyl halides is 3. The van der Waals surface area contributed by atoms with Crippen molar-refractivity contribution in [2.24, 2.45) is 0 Å². The second kappa shape index (κ2) is 5.74. The van der Waals surface area contributed by atoms with Gasteiger partial charge in [-0.15, -0.1) is 13.2 Å². The summed E-state index contributed by atoms with van der Waals surface area (Å²) in [6, 6.07) is 7.17. The molecule has 0 amide bonds. The monoisotopic (exact) mass is 364 g/mol. The molecule has 0 saturated heterocycles. The molecule has 18 heavy (non-hydrogen) atoms. The Morgan fingerprint density at radius 3 is 2.33 bits per heavy atom. The van der Waals surface area contributed by atoms with E-state index in [1.54, 1.807) is 34.7 Å². The number of rotatable bonds is 2. The van der Waals surface area contributed by atoms with Crippen LogP contribution in [-0.2, 0) is 0 Å². The number of benzene rings is 1. The highest BCUT2D eigenvalue weighted by Gasteiger charge is 2.31. The van der Waals surface area contributed by atoms with E-state index in [-0.39, 0.29) is 14.9 Å². The van der Waals surface area contributed by atoms with Gasteiger partial charge in [0.05, 0.1) is 3.57 Å². The first-order chi connectivity index (χ1) is 8.35. The van der Waals surface area contributed by atoms with Crippen molar-refractivity contribution >= 4 is 28.7 Å². The average Bonchev–Trinajstić information content (AvgIpc) is 2.28. The van der Waals surface area contributed by atoms with Gasteiger partial charge in [-0.25, -0.2) is 0 Å². The molecule has 1 aromatic carbocycles. The summed E-state index contributed by atoms with van der Waals surface area (Å²) >= 11 is 1.68. The normalized spacial score (nSPS) is 10.1. The van der Waals surface area contributed by atoms with Crippen molar-refractivity contribution in [2.45, 2.75) is 6.36 Å². The summed E-state index contributed by atoms with van der Waals surface area (Å²) in [5, 5.41) is 17.1. The van der Waals surface area contributed by atoms with E-state index in [9.17, 15) is 13.2 Å². The molecule has 0 fully saturated rings. The first kappa shape index (κ1) is 14.3. The second-order valence-corrected chi connectivity index (χ2v) is 4.18. The molecule has 0 bridgehead atoms. The number of hydrogen-bond acceptors (Lipinski definition) is 3. The van der Waals surface area contributed by atoms with Crippen LogP contribution in [0.5, 0.6) is 5.75 Å². The first-order valence-corrected chi connectivity index (χ1v) is 5.51. The molecule has 7 heteroatoms. The van der Waals surface area contributed by atoms with Crippen LogP contribution in [0.15, 0.2) is 23.8 Å². The maximum absolute atomic E-state index is 12.0. The molecule has 0 N–H and O–H groups in total. The average molecular weight is 364 g/mol. The van der Waals surface area contributed by atoms with E-state index < -0.39 is 6.36 Å². The zero-order valence-electron chi connectivity index (χ0n) is 8.62. The quantitative estimate of drug-likeness (QED) is 0.595. The van der Waals surface area contributed by atoms with Gasteiger partial charge in [0, 0.05) is 0 Å². The number of halogens is 4. The van der Waals surface area contributed by atoms with Gasteiger partial charge in [0.25, 0.3) is 0 Å². The van der Waals surface area contributed by atoms with Crippen molar-refractivity contribution in [1.82, 2.24) is 0 Å². The summed E-state index contributed by atoms with van der Waals surface area (Å²) in [6.07, 6.45) is -3.47. The molecular weight excluding hydrogens is 360 g/mol. The van der Waals surface area contributed by atoms with Gasteiger partial charge in [0.2, 0.25) is 0 Å². The van der Waals surface area contributed by atoms with Gasteiger partial charge in [0.15, 0.2) is 0 Å². The van der Waals surface area contributed by atoms with Crippen molar-refractivity contribution in [3.63, 3.8) is 0 Å². The van der Waals surface area contributed by atoms with Crippen LogP contribution in [0.3, 0.4) is 0 Å². The van der Waals surface area contributed by atoms with E-state index in [2.05, 4.69) is 4.74 Å². The molecular formula is C11H4F3IN2O. The summed E-state index contributed by atoms with van der Waals surface area (Å²) in [5.74, 6) is -0.323. The van der Waals surface area contributed by atoms with Gasteiger partial charge >= 0.3 is 6.36 Å². The molecule has 0 radical (unpaired) electrons. The molecule has 3 nitrogen and oxygen atoms in total. The highest BCUT2D eigenvalue weighted by molar-refractivity contribution is 14.1. The van der Waals surface area contributed by atoms with Gasteiger partial charge in [-0.3, -0.25) is 0 Å². The molecule has 0 atom stereocenters. The van der Waals surface area contributed by atoms with Crippen molar-refractivity contribution in [1.29, 1.82) is 10.5 Å². The lowest BCUT2D eigenvalue weighted by Gasteiger charge is -2.10. The van der Waals surface area contributed by atoms with Crippen LogP contribution in [0.1, 0.15) is 5.56 Å². The van der Waals surface area contributed by atoms with Crippen LogP contribution in [-0.4, -0.2) is 6.36 Å². The van der Waals surface area contributed by atoms with Crippen LogP contribution in [0.2, 0.25) is 0 Å². The minimum absolute atomic E-state index is 0.129. The van der Waals surface area contributed by atoms with Gasteiger partial charge in [-0.1, -0.05) is 6.07 Å². The maximum Gasteiger partial charge on any atom is 0.573 e. The Labute approximate surface area is 114 Å². The summed E-state index contributed by atoms with van der Waals surface area (Å²) in [6.45, 7) is 0. The Kier molecular flexibility index (Phi) is 4.56. The molecule has 0 heterocycles. The van der Waals surface area contributed by atoms with E-state index in [0.717, 1.165) is 6.07 Å². The lowest BCUT2D eigenvalue weighted by molar-refractivity contribution is -0.274. The minimum atomic E-state index is -4.75. The zero-order chi connectivity index (χ0) is 13.8. The fraction of sp³-hybridized carbons (Fsp3) is 0.0909. The fourth-order valence-electron chi connectivity index (χ4n) is 1.07. The van der Waals surface area contributed by atoms with Gasteiger partial charge < -0.3 is 4.74 Å². The Morgan fingerprint density at radius 1 is 1.28 bits per heavy atom. The molecule has 0 unspecified atom stereocenters. The smallest absolute Gasteiger partial charge is 0.405 e. The number of hydrogen-bond donors (Lipinski definition) is 0. The minimum Gasteiger partial charge on any atom is -0.405 e. The SMILES string of the molecule is N#CC(C#N)=Cc1ccc(OC(F)(F)F)c(I)c1. The van der Waals surface area contributed by atoms with E-state index in [1.165, 1.54) is 18.2 Å². The lowest BCUT2D eigenvalue weighted by atomic mass is 10.1. The van der Waals surface area contributed by atoms with E-state index in [0.29, 0.717) is 5.56 Å². The van der Waals surface area contributed by atoms with Gasteiger partial charge in [-0.2, -0.15) is 10.5 Å². The van der Waals surface area contributed by atoms with Crippen molar-refractivity contribution in [3.05, 3.63) is 32.9 Å². The Bertz CT molecular complexity index is 551. The van der Waals surface area contributed by atoms with Crippen molar-refractivity contribution in [2.75, 3.05) is 0 Å². The topological polar surface area (TPSA) is 56.8 Å². The third kappa shape index (κ3) is 4.26. The number of nitrogens with zero attached hydrogens (tertiary/aromatic N) is 2. The molecule has 1 aromatic rings. The molecule has 0 saturated carbocycles. The number of nitriles is 2. The number of ether oxygens (including phenoxy) is 1. The van der Waals surface area contributed by atoms with E-state index in [4.69, 9.17) is 10.5 Å². The second-order valence-electron chi connectivity index (χ2n) is 3.02. The molecule has 0 aliphatic carbocycles. The predicted octanol–water partition coefficient (Wildman–Crippen LogP) is 3.62. The molecule has 0 aliphatic rings. The Balaban J connectivity index is 3.05. The maximum atomic E-state index is 12.0. The van der Waals surface area contributed by atoms with Crippen LogP contribution >= 0.6 is 22.6 Å². The summed E-state index contributed by atoms with van der Waals surface area (Å²) in [4.78, 5) is 0.